The molecule has 2 aromatic carbocycles. The maximum absolute atomic E-state index is 13.0. The van der Waals surface area contributed by atoms with Crippen molar-refractivity contribution in [2.75, 3.05) is 13.2 Å². The van der Waals surface area contributed by atoms with E-state index in [1.54, 1.807) is 0 Å². The molecule has 0 aromatic heterocycles. The summed E-state index contributed by atoms with van der Waals surface area (Å²) in [6.07, 6.45) is 2.46. The summed E-state index contributed by atoms with van der Waals surface area (Å²) in [5, 5.41) is 15.1. The summed E-state index contributed by atoms with van der Waals surface area (Å²) in [6, 6.07) is 16.3. The van der Waals surface area contributed by atoms with Crippen molar-refractivity contribution in [3.05, 3.63) is 59.7 Å². The number of carboxylic acid groups (broad SMARTS) is 1. The molecule has 0 spiro atoms. The maximum atomic E-state index is 13.0. The molecule has 4 rings (SSSR count). The number of rotatable bonds is 9. The number of hydrogen-bond acceptors (Lipinski definition) is 4. The van der Waals surface area contributed by atoms with Crippen molar-refractivity contribution in [3.8, 4) is 11.1 Å². The molecule has 1 atom stereocenters. The third kappa shape index (κ3) is 4.39. The smallest absolute Gasteiger partial charge is 0.407 e. The van der Waals surface area contributed by atoms with Gasteiger partial charge in [-0.25, -0.2) is 9.59 Å². The molecule has 0 heterocycles. The van der Waals surface area contributed by atoms with Crippen LogP contribution in [0.3, 0.4) is 0 Å². The van der Waals surface area contributed by atoms with Gasteiger partial charge in [0.1, 0.15) is 12.1 Å². The zero-order chi connectivity index (χ0) is 24.3. The molecule has 2 aliphatic rings. The minimum Gasteiger partial charge on any atom is -0.480 e. The van der Waals surface area contributed by atoms with Gasteiger partial charge < -0.3 is 20.5 Å². The van der Waals surface area contributed by atoms with Crippen molar-refractivity contribution in [2.45, 2.75) is 57.4 Å². The van der Waals surface area contributed by atoms with Crippen LogP contribution in [-0.4, -0.2) is 41.8 Å². The van der Waals surface area contributed by atoms with Crippen molar-refractivity contribution < 1.29 is 24.2 Å². The molecule has 2 amide bonds. The van der Waals surface area contributed by atoms with Gasteiger partial charge in [0, 0.05) is 12.5 Å². The number of carbonyl (C=O) groups is 3. The van der Waals surface area contributed by atoms with Crippen molar-refractivity contribution in [1.82, 2.24) is 10.6 Å². The summed E-state index contributed by atoms with van der Waals surface area (Å²) < 4.78 is 5.59. The standard InChI is InChI=1S/C27H32N2O5/c1-3-13-26(2,24(31)32)29-23(30)27(14-8-15-27)17-28-25(33)34-16-22-20-11-6-4-9-18(20)19-10-5-7-12-21(19)22/h4-7,9-12,22H,3,8,13-17H2,1-2H3,(H,28,33)(H,29,30)(H,31,32). The van der Waals surface area contributed by atoms with Gasteiger partial charge in [0.25, 0.3) is 0 Å². The van der Waals surface area contributed by atoms with Crippen LogP contribution in [-0.2, 0) is 14.3 Å². The van der Waals surface area contributed by atoms with Gasteiger partial charge in [0.05, 0.1) is 5.41 Å². The first-order valence-corrected chi connectivity index (χ1v) is 11.9. The fourth-order valence-corrected chi connectivity index (χ4v) is 5.08. The van der Waals surface area contributed by atoms with E-state index in [1.165, 1.54) is 6.92 Å². The Morgan fingerprint density at radius 3 is 2.15 bits per heavy atom. The van der Waals surface area contributed by atoms with Crippen molar-refractivity contribution in [1.29, 1.82) is 0 Å². The zero-order valence-electron chi connectivity index (χ0n) is 19.7. The second-order valence-corrected chi connectivity index (χ2v) is 9.65. The minimum atomic E-state index is -1.32. The van der Waals surface area contributed by atoms with Gasteiger partial charge >= 0.3 is 12.1 Å². The van der Waals surface area contributed by atoms with E-state index in [0.29, 0.717) is 25.7 Å². The molecule has 1 fully saturated rings. The minimum absolute atomic E-state index is 0.0376. The predicted molar refractivity (Wildman–Crippen MR) is 128 cm³/mol. The molecular formula is C27H32N2O5. The first-order valence-electron chi connectivity index (χ1n) is 11.9. The van der Waals surface area contributed by atoms with E-state index in [2.05, 4.69) is 34.9 Å². The molecule has 0 aliphatic heterocycles. The van der Waals surface area contributed by atoms with Gasteiger partial charge in [0.15, 0.2) is 0 Å². The number of carboxylic acids is 1. The third-order valence-electron chi connectivity index (χ3n) is 7.32. The van der Waals surface area contributed by atoms with Gasteiger partial charge in [0.2, 0.25) is 5.91 Å². The lowest BCUT2D eigenvalue weighted by molar-refractivity contribution is -0.150. The molecule has 180 valence electrons. The van der Waals surface area contributed by atoms with Gasteiger partial charge in [-0.15, -0.1) is 0 Å². The summed E-state index contributed by atoms with van der Waals surface area (Å²) in [5.41, 5.74) is 2.47. The monoisotopic (exact) mass is 464 g/mol. The number of amides is 2. The van der Waals surface area contributed by atoms with E-state index < -0.39 is 23.0 Å². The third-order valence-corrected chi connectivity index (χ3v) is 7.32. The largest absolute Gasteiger partial charge is 0.480 e. The topological polar surface area (TPSA) is 105 Å². The fraction of sp³-hybridized carbons (Fsp3) is 0.444. The molecule has 2 aliphatic carbocycles. The molecule has 0 radical (unpaired) electrons. The van der Waals surface area contributed by atoms with E-state index in [-0.39, 0.29) is 25.0 Å². The van der Waals surface area contributed by atoms with Crippen molar-refractivity contribution >= 4 is 18.0 Å². The molecule has 34 heavy (non-hydrogen) atoms. The molecule has 2 aromatic rings. The Balaban J connectivity index is 1.37. The van der Waals surface area contributed by atoms with Crippen LogP contribution in [0.2, 0.25) is 0 Å². The predicted octanol–water partition coefficient (Wildman–Crippen LogP) is 4.46. The highest BCUT2D eigenvalue weighted by Gasteiger charge is 2.47. The van der Waals surface area contributed by atoms with Crippen LogP contribution in [0.25, 0.3) is 11.1 Å². The average Bonchev–Trinajstić information content (AvgIpc) is 3.10. The highest BCUT2D eigenvalue weighted by atomic mass is 16.5. The van der Waals surface area contributed by atoms with E-state index in [1.807, 2.05) is 31.2 Å². The number of aliphatic carboxylic acids is 1. The molecule has 1 unspecified atom stereocenters. The lowest BCUT2D eigenvalue weighted by atomic mass is 9.67. The summed E-state index contributed by atoms with van der Waals surface area (Å²) >= 11 is 0. The Hall–Kier alpha value is -3.35. The number of benzene rings is 2. The highest BCUT2D eigenvalue weighted by molar-refractivity contribution is 5.90. The number of carbonyl (C=O) groups excluding carboxylic acids is 2. The molecule has 0 bridgehead atoms. The van der Waals surface area contributed by atoms with Gasteiger partial charge in [-0.2, -0.15) is 0 Å². The summed E-state index contributed by atoms with van der Waals surface area (Å²) in [4.78, 5) is 37.3. The Bertz CT molecular complexity index is 1050. The van der Waals surface area contributed by atoms with Gasteiger partial charge in [-0.3, -0.25) is 4.79 Å². The Morgan fingerprint density at radius 2 is 1.65 bits per heavy atom. The molecule has 7 heteroatoms. The summed E-state index contributed by atoms with van der Waals surface area (Å²) in [7, 11) is 0. The molecule has 0 saturated heterocycles. The SMILES string of the molecule is CCCC(C)(NC(=O)C1(CNC(=O)OCC2c3ccccc3-c3ccccc32)CCC1)C(=O)O. The molecule has 3 N–H and O–H groups in total. The van der Waals surface area contributed by atoms with Crippen LogP contribution in [0.5, 0.6) is 0 Å². The van der Waals surface area contributed by atoms with Crippen LogP contribution >= 0.6 is 0 Å². The van der Waals surface area contributed by atoms with E-state index >= 15 is 0 Å². The number of fused-ring (bicyclic) bond motifs is 3. The van der Waals surface area contributed by atoms with E-state index in [4.69, 9.17) is 4.74 Å². The van der Waals surface area contributed by atoms with Crippen LogP contribution in [0, 0.1) is 5.41 Å². The summed E-state index contributed by atoms with van der Waals surface area (Å²) in [5.74, 6) is -1.41. The Morgan fingerprint density at radius 1 is 1.06 bits per heavy atom. The zero-order valence-corrected chi connectivity index (χ0v) is 19.7. The van der Waals surface area contributed by atoms with Crippen LogP contribution in [0.4, 0.5) is 4.79 Å². The van der Waals surface area contributed by atoms with Crippen molar-refractivity contribution in [3.63, 3.8) is 0 Å². The number of nitrogens with one attached hydrogen (secondary N) is 2. The quantitative estimate of drug-likeness (QED) is 0.508. The fourth-order valence-electron chi connectivity index (χ4n) is 5.08. The number of hydrogen-bond donors (Lipinski definition) is 3. The average molecular weight is 465 g/mol. The first kappa shape index (κ1) is 23.8. The van der Waals surface area contributed by atoms with Crippen LogP contribution < -0.4 is 10.6 Å². The Labute approximate surface area is 199 Å². The molecule has 1 saturated carbocycles. The Kier molecular flexibility index (Phi) is 6.64. The first-order chi connectivity index (χ1) is 16.3. The van der Waals surface area contributed by atoms with Gasteiger partial charge in [-0.1, -0.05) is 68.3 Å². The molecular weight excluding hydrogens is 432 g/mol. The number of ether oxygens (including phenoxy) is 1. The lowest BCUT2D eigenvalue weighted by Crippen LogP contribution is -2.60. The van der Waals surface area contributed by atoms with Gasteiger partial charge in [-0.05, 0) is 48.4 Å². The highest BCUT2D eigenvalue weighted by Crippen LogP contribution is 2.44. The van der Waals surface area contributed by atoms with Crippen LogP contribution in [0.1, 0.15) is 63.0 Å². The summed E-state index contributed by atoms with van der Waals surface area (Å²) in [6.45, 7) is 3.73. The molecule has 7 nitrogen and oxygen atoms in total. The maximum Gasteiger partial charge on any atom is 0.407 e. The van der Waals surface area contributed by atoms with Crippen molar-refractivity contribution in [2.24, 2.45) is 5.41 Å². The second kappa shape index (κ2) is 9.49. The second-order valence-electron chi connectivity index (χ2n) is 9.65. The van der Waals surface area contributed by atoms with E-state index in [9.17, 15) is 19.5 Å². The van der Waals surface area contributed by atoms with E-state index in [0.717, 1.165) is 28.7 Å². The normalized spacial score (nSPS) is 17.5. The lowest BCUT2D eigenvalue weighted by Gasteiger charge is -2.42. The van der Waals surface area contributed by atoms with Crippen LogP contribution in [0.15, 0.2) is 48.5 Å². The number of alkyl carbamates (subject to hydrolysis) is 1.